The van der Waals surface area contributed by atoms with E-state index in [0.29, 0.717) is 12.2 Å². The van der Waals surface area contributed by atoms with E-state index in [4.69, 9.17) is 4.74 Å². The Kier molecular flexibility index (Phi) is 5.16. The molecule has 0 aliphatic heterocycles. The van der Waals surface area contributed by atoms with Crippen LogP contribution < -0.4 is 10.9 Å². The number of rotatable bonds is 5. The molecule has 0 aliphatic carbocycles. The highest BCUT2D eigenvalue weighted by Crippen LogP contribution is 1.97. The van der Waals surface area contributed by atoms with E-state index in [1.165, 1.54) is 0 Å². The van der Waals surface area contributed by atoms with E-state index in [9.17, 15) is 9.59 Å². The van der Waals surface area contributed by atoms with Gasteiger partial charge in [0.05, 0.1) is 6.61 Å². The Bertz CT molecular complexity index is 379. The molecule has 0 heterocycles. The zero-order valence-electron chi connectivity index (χ0n) is 9.90. The molecule has 1 aromatic rings. The summed E-state index contributed by atoms with van der Waals surface area (Å²) in [6, 6.07) is 8.15. The molecule has 0 fully saturated rings. The Morgan fingerprint density at radius 1 is 1.29 bits per heavy atom. The summed E-state index contributed by atoms with van der Waals surface area (Å²) in [6.07, 6.45) is 0. The monoisotopic (exact) mass is 236 g/mol. The molecule has 2 N–H and O–H groups in total. The summed E-state index contributed by atoms with van der Waals surface area (Å²) in [7, 11) is 0. The molecule has 17 heavy (non-hydrogen) atoms. The van der Waals surface area contributed by atoms with E-state index in [1.807, 2.05) is 6.07 Å². The van der Waals surface area contributed by atoms with Gasteiger partial charge in [-0.15, -0.1) is 0 Å². The first kappa shape index (κ1) is 13.2. The quantitative estimate of drug-likeness (QED) is 0.588. The fourth-order valence-corrected chi connectivity index (χ4v) is 1.16. The van der Waals surface area contributed by atoms with Crippen molar-refractivity contribution in [3.05, 3.63) is 35.9 Å². The molecular weight excluding hydrogens is 220 g/mol. The van der Waals surface area contributed by atoms with Gasteiger partial charge < -0.3 is 4.74 Å². The number of amides is 1. The Hall–Kier alpha value is -1.88. The number of ether oxygens (including phenoxy) is 1. The van der Waals surface area contributed by atoms with Crippen LogP contribution in [0, 0.1) is 0 Å². The summed E-state index contributed by atoms with van der Waals surface area (Å²) in [6.45, 7) is 3.66. The fraction of sp³-hybridized carbons (Fsp3) is 0.333. The Balaban J connectivity index is 2.41. The van der Waals surface area contributed by atoms with E-state index < -0.39 is 12.0 Å². The number of hydrogen-bond donors (Lipinski definition) is 2. The molecule has 1 rings (SSSR count). The predicted molar refractivity (Wildman–Crippen MR) is 63.1 cm³/mol. The second-order valence-electron chi connectivity index (χ2n) is 3.44. The van der Waals surface area contributed by atoms with E-state index in [2.05, 4.69) is 10.9 Å². The highest BCUT2D eigenvalue weighted by molar-refractivity contribution is 5.94. The van der Waals surface area contributed by atoms with Gasteiger partial charge in [0.2, 0.25) is 0 Å². The average Bonchev–Trinajstić information content (AvgIpc) is 2.36. The minimum Gasteiger partial charge on any atom is -0.465 e. The standard InChI is InChI=1S/C12H16N2O3/c1-3-17-12(16)9(2)13-14-11(15)10-7-5-4-6-8-10/h4-9,13H,3H2,1-2H3,(H,14,15)/t9-/m0/s1. The van der Waals surface area contributed by atoms with Crippen molar-refractivity contribution in [1.82, 2.24) is 10.9 Å². The molecule has 92 valence electrons. The third kappa shape index (κ3) is 4.24. The van der Waals surface area contributed by atoms with Gasteiger partial charge >= 0.3 is 5.97 Å². The molecule has 0 saturated carbocycles. The number of benzene rings is 1. The number of carbonyl (C=O) groups excluding carboxylic acids is 2. The van der Waals surface area contributed by atoms with Crippen LogP contribution in [0.3, 0.4) is 0 Å². The van der Waals surface area contributed by atoms with Crippen LogP contribution in [0.25, 0.3) is 0 Å². The van der Waals surface area contributed by atoms with Gasteiger partial charge in [0.25, 0.3) is 5.91 Å². The first-order chi connectivity index (χ1) is 8.15. The van der Waals surface area contributed by atoms with Crippen LogP contribution in [0.1, 0.15) is 24.2 Å². The number of hydrazine groups is 1. The average molecular weight is 236 g/mol. The van der Waals surface area contributed by atoms with Gasteiger partial charge in [-0.2, -0.15) is 0 Å². The van der Waals surface area contributed by atoms with E-state index >= 15 is 0 Å². The lowest BCUT2D eigenvalue weighted by atomic mass is 10.2. The third-order valence-electron chi connectivity index (χ3n) is 2.08. The molecular formula is C12H16N2O3. The van der Waals surface area contributed by atoms with Crippen LogP contribution in [-0.2, 0) is 9.53 Å². The molecule has 1 atom stereocenters. The minimum absolute atomic E-state index is 0.290. The van der Waals surface area contributed by atoms with Crippen LogP contribution in [-0.4, -0.2) is 24.5 Å². The maximum atomic E-state index is 11.6. The van der Waals surface area contributed by atoms with Gasteiger partial charge in [-0.3, -0.25) is 15.0 Å². The number of carbonyl (C=O) groups is 2. The summed E-state index contributed by atoms with van der Waals surface area (Å²) in [5.74, 6) is -0.692. The van der Waals surface area contributed by atoms with Gasteiger partial charge in [-0.25, -0.2) is 5.43 Å². The largest absolute Gasteiger partial charge is 0.465 e. The van der Waals surface area contributed by atoms with Gasteiger partial charge in [-0.1, -0.05) is 18.2 Å². The van der Waals surface area contributed by atoms with E-state index in [1.54, 1.807) is 38.1 Å². The van der Waals surface area contributed by atoms with Crippen molar-refractivity contribution in [3.63, 3.8) is 0 Å². The third-order valence-corrected chi connectivity index (χ3v) is 2.08. The molecule has 5 nitrogen and oxygen atoms in total. The Morgan fingerprint density at radius 2 is 1.94 bits per heavy atom. The van der Waals surface area contributed by atoms with Gasteiger partial charge in [0.1, 0.15) is 6.04 Å². The lowest BCUT2D eigenvalue weighted by Crippen LogP contribution is -2.47. The van der Waals surface area contributed by atoms with Crippen molar-refractivity contribution in [2.45, 2.75) is 19.9 Å². The molecule has 0 aromatic heterocycles. The molecule has 1 aromatic carbocycles. The van der Waals surface area contributed by atoms with Crippen molar-refractivity contribution in [1.29, 1.82) is 0 Å². The highest BCUT2D eigenvalue weighted by atomic mass is 16.5. The summed E-state index contributed by atoms with van der Waals surface area (Å²) < 4.78 is 4.79. The highest BCUT2D eigenvalue weighted by Gasteiger charge is 2.14. The van der Waals surface area contributed by atoms with E-state index in [0.717, 1.165) is 0 Å². The van der Waals surface area contributed by atoms with Crippen LogP contribution >= 0.6 is 0 Å². The second kappa shape index (κ2) is 6.65. The molecule has 1 amide bonds. The first-order valence-corrected chi connectivity index (χ1v) is 5.42. The Morgan fingerprint density at radius 3 is 2.53 bits per heavy atom. The number of esters is 1. The van der Waals surface area contributed by atoms with Crippen molar-refractivity contribution < 1.29 is 14.3 Å². The van der Waals surface area contributed by atoms with Gasteiger partial charge in [0, 0.05) is 5.56 Å². The normalized spacial score (nSPS) is 11.6. The minimum atomic E-state index is -0.581. The van der Waals surface area contributed by atoms with Crippen molar-refractivity contribution in [2.75, 3.05) is 6.61 Å². The first-order valence-electron chi connectivity index (χ1n) is 5.42. The van der Waals surface area contributed by atoms with Crippen LogP contribution in [0.2, 0.25) is 0 Å². The SMILES string of the molecule is CCOC(=O)[C@H](C)NNC(=O)c1ccccc1. The fourth-order valence-electron chi connectivity index (χ4n) is 1.16. The number of nitrogens with one attached hydrogen (secondary N) is 2. The lowest BCUT2D eigenvalue weighted by Gasteiger charge is -2.13. The zero-order valence-corrected chi connectivity index (χ0v) is 9.90. The van der Waals surface area contributed by atoms with Crippen LogP contribution in [0.4, 0.5) is 0 Å². The van der Waals surface area contributed by atoms with Gasteiger partial charge in [-0.05, 0) is 26.0 Å². The summed E-state index contributed by atoms with van der Waals surface area (Å²) in [5, 5.41) is 0. The summed E-state index contributed by atoms with van der Waals surface area (Å²) >= 11 is 0. The van der Waals surface area contributed by atoms with Crippen molar-refractivity contribution >= 4 is 11.9 Å². The molecule has 0 bridgehead atoms. The summed E-state index contributed by atoms with van der Waals surface area (Å²) in [5.41, 5.74) is 5.56. The zero-order chi connectivity index (χ0) is 12.7. The lowest BCUT2D eigenvalue weighted by molar-refractivity contribution is -0.145. The molecule has 0 unspecified atom stereocenters. The van der Waals surface area contributed by atoms with Crippen LogP contribution in [0.15, 0.2) is 30.3 Å². The smallest absolute Gasteiger partial charge is 0.324 e. The Labute approximate surface area is 100 Å². The van der Waals surface area contributed by atoms with E-state index in [-0.39, 0.29) is 5.91 Å². The topological polar surface area (TPSA) is 67.4 Å². The molecule has 0 spiro atoms. The molecule has 5 heteroatoms. The number of hydrogen-bond acceptors (Lipinski definition) is 4. The maximum absolute atomic E-state index is 11.6. The van der Waals surface area contributed by atoms with Gasteiger partial charge in [0.15, 0.2) is 0 Å². The predicted octanol–water partition coefficient (Wildman–Crippen LogP) is 0.873. The summed E-state index contributed by atoms with van der Waals surface area (Å²) in [4.78, 5) is 22.9. The second-order valence-corrected chi connectivity index (χ2v) is 3.44. The molecule has 0 saturated heterocycles. The van der Waals surface area contributed by atoms with Crippen molar-refractivity contribution in [2.24, 2.45) is 0 Å². The maximum Gasteiger partial charge on any atom is 0.324 e. The van der Waals surface area contributed by atoms with Crippen LogP contribution in [0.5, 0.6) is 0 Å². The molecule has 0 aliphatic rings. The van der Waals surface area contributed by atoms with Crippen molar-refractivity contribution in [3.8, 4) is 0 Å². The molecule has 0 radical (unpaired) electrons.